The maximum atomic E-state index is 15.7. The Hall–Kier alpha value is -4.09. The number of likely N-dealkylation sites (tertiary alicyclic amines) is 1. The van der Waals surface area contributed by atoms with Gasteiger partial charge in [-0.15, -0.1) is 13.2 Å². The average Bonchev–Trinajstić information content (AvgIpc) is 3.55. The number of halogens is 4. The van der Waals surface area contributed by atoms with Crippen molar-refractivity contribution in [1.82, 2.24) is 5.32 Å². The van der Waals surface area contributed by atoms with E-state index >= 15 is 4.79 Å². The monoisotopic (exact) mass is 756 g/mol. The molecule has 1 fully saturated rings. The Labute approximate surface area is 298 Å². The molecule has 4 atom stereocenters. The molecule has 0 saturated carbocycles. The number of amides is 2. The number of fused-ring (bicyclic) bond motifs is 1. The second-order valence-corrected chi connectivity index (χ2v) is 14.6. The van der Waals surface area contributed by atoms with E-state index in [-0.39, 0.29) is 59.5 Å². The van der Waals surface area contributed by atoms with Crippen LogP contribution in [0.25, 0.3) is 0 Å². The summed E-state index contributed by atoms with van der Waals surface area (Å²) in [6.07, 6.45) is -5.56. The Balaban J connectivity index is 1.88. The van der Waals surface area contributed by atoms with Gasteiger partial charge in [-0.05, 0) is 55.8 Å². The minimum Gasteiger partial charge on any atom is -0.497 e. The Morgan fingerprint density at radius 2 is 1.80 bits per heavy atom. The molecule has 2 N–H and O–H groups in total. The van der Waals surface area contributed by atoms with Gasteiger partial charge in [-0.25, -0.2) is 8.42 Å². The number of carbonyl (C=O) groups is 2. The van der Waals surface area contributed by atoms with Gasteiger partial charge >= 0.3 is 12.3 Å². The van der Waals surface area contributed by atoms with Crippen LogP contribution in [0.1, 0.15) is 29.5 Å². The number of aliphatic hydroxyl groups is 1. The third-order valence-corrected chi connectivity index (χ3v) is 11.4. The lowest BCUT2D eigenvalue weighted by Gasteiger charge is -2.48. The highest BCUT2D eigenvalue weighted by Crippen LogP contribution is 2.58. The largest absolute Gasteiger partial charge is 0.573 e. The average molecular weight is 757 g/mol. The van der Waals surface area contributed by atoms with Crippen LogP contribution in [0, 0.1) is 6.92 Å². The standard InChI is InChI=1S/C34H37ClF3N3O9S/c1-20-7-11-28(48-5)25(15-20)33(41(3)19-23(49-14-6-13-42)17-27(41)31(43)39-2)24-16-21(35)8-10-26(24)40(32(33)44)51(45,46)30-12-9-22(47-4)18-29(30)50-34(36,37)38/h7-12,15-16,18,23,27,42H,6,13-14,17,19H2,1-5H3/p+1/t23-,27+,33?,41?/m1/s1. The van der Waals surface area contributed by atoms with Crippen LogP contribution < -0.4 is 23.8 Å². The van der Waals surface area contributed by atoms with Gasteiger partial charge in [0.2, 0.25) is 5.54 Å². The first kappa shape index (κ1) is 38.1. The van der Waals surface area contributed by atoms with E-state index in [1.807, 2.05) is 0 Å². The molecule has 51 heavy (non-hydrogen) atoms. The van der Waals surface area contributed by atoms with Gasteiger partial charge in [0.25, 0.3) is 15.9 Å². The van der Waals surface area contributed by atoms with Crippen molar-refractivity contribution < 1.29 is 59.7 Å². The van der Waals surface area contributed by atoms with Crippen LogP contribution in [0.4, 0.5) is 18.9 Å². The summed E-state index contributed by atoms with van der Waals surface area (Å²) >= 11 is 6.59. The number of aryl methyl sites for hydroxylation is 1. The van der Waals surface area contributed by atoms with Crippen molar-refractivity contribution in [2.24, 2.45) is 0 Å². The second-order valence-electron chi connectivity index (χ2n) is 12.4. The van der Waals surface area contributed by atoms with Crippen LogP contribution in [0.5, 0.6) is 17.2 Å². The second kappa shape index (κ2) is 14.1. The summed E-state index contributed by atoms with van der Waals surface area (Å²) in [5, 5.41) is 12.2. The predicted octanol–water partition coefficient (Wildman–Crippen LogP) is 4.28. The maximum Gasteiger partial charge on any atom is 0.573 e. The van der Waals surface area contributed by atoms with Crippen LogP contribution in [-0.2, 0) is 29.9 Å². The molecule has 1 saturated heterocycles. The summed E-state index contributed by atoms with van der Waals surface area (Å²) in [5.74, 6) is -2.68. The first-order valence-corrected chi connectivity index (χ1v) is 17.6. The van der Waals surface area contributed by atoms with Crippen molar-refractivity contribution in [3.8, 4) is 17.2 Å². The van der Waals surface area contributed by atoms with Gasteiger partial charge in [-0.2, -0.15) is 4.31 Å². The third-order valence-electron chi connectivity index (χ3n) is 9.43. The Kier molecular flexibility index (Phi) is 10.6. The molecule has 3 aromatic rings. The Bertz CT molecular complexity index is 1950. The lowest BCUT2D eigenvalue weighted by Crippen LogP contribution is -2.69. The van der Waals surface area contributed by atoms with E-state index in [9.17, 15) is 31.5 Å². The summed E-state index contributed by atoms with van der Waals surface area (Å²) in [6, 6.07) is 10.7. The summed E-state index contributed by atoms with van der Waals surface area (Å²) < 4.78 is 91.6. The van der Waals surface area contributed by atoms with Crippen molar-refractivity contribution in [3.63, 3.8) is 0 Å². The Morgan fingerprint density at radius 1 is 1.08 bits per heavy atom. The summed E-state index contributed by atoms with van der Waals surface area (Å²) in [7, 11) is 0.369. The number of nitrogens with zero attached hydrogens (tertiary/aromatic N) is 2. The fourth-order valence-electron chi connectivity index (χ4n) is 7.30. The molecule has 0 bridgehead atoms. The maximum absolute atomic E-state index is 15.7. The number of methoxy groups -OCH3 is 2. The number of nitrogens with one attached hydrogen (secondary N) is 1. The molecule has 12 nitrogen and oxygen atoms in total. The first-order chi connectivity index (χ1) is 24.0. The van der Waals surface area contributed by atoms with Crippen molar-refractivity contribution in [1.29, 1.82) is 0 Å². The summed E-state index contributed by atoms with van der Waals surface area (Å²) in [4.78, 5) is 28.5. The number of alkyl halides is 3. The highest BCUT2D eigenvalue weighted by molar-refractivity contribution is 7.93. The van der Waals surface area contributed by atoms with E-state index in [1.54, 1.807) is 32.2 Å². The molecule has 3 aromatic carbocycles. The number of anilines is 1. The molecule has 2 unspecified atom stereocenters. The van der Waals surface area contributed by atoms with Crippen molar-refractivity contribution in [2.75, 3.05) is 52.4 Å². The summed E-state index contributed by atoms with van der Waals surface area (Å²) in [6.45, 7) is 1.73. The number of aliphatic hydroxyl groups excluding tert-OH is 1. The smallest absolute Gasteiger partial charge is 0.497 e. The topological polar surface area (TPSA) is 141 Å². The molecule has 2 aliphatic rings. The van der Waals surface area contributed by atoms with Gasteiger partial charge in [-0.1, -0.05) is 23.2 Å². The Morgan fingerprint density at radius 3 is 2.43 bits per heavy atom. The van der Waals surface area contributed by atoms with E-state index in [0.717, 1.165) is 18.2 Å². The molecule has 5 rings (SSSR count). The molecular weight excluding hydrogens is 719 g/mol. The van der Waals surface area contributed by atoms with Crippen molar-refractivity contribution >= 4 is 39.1 Å². The number of likely N-dealkylation sites (N-methyl/N-ethyl adjacent to an activating group) is 2. The molecule has 0 radical (unpaired) electrons. The molecule has 2 aliphatic heterocycles. The van der Waals surface area contributed by atoms with Crippen molar-refractivity contribution in [2.45, 2.75) is 48.7 Å². The number of hydrogen-bond acceptors (Lipinski definition) is 9. The molecule has 0 spiro atoms. The van der Waals surface area contributed by atoms with Gasteiger partial charge in [0.05, 0.1) is 38.1 Å². The fourth-order valence-corrected chi connectivity index (χ4v) is 9.03. The number of quaternary nitrogens is 1. The summed E-state index contributed by atoms with van der Waals surface area (Å²) in [5.41, 5.74) is -1.43. The van der Waals surface area contributed by atoms with E-state index in [1.165, 1.54) is 39.5 Å². The first-order valence-electron chi connectivity index (χ1n) is 15.8. The zero-order valence-corrected chi connectivity index (χ0v) is 30.0. The number of benzene rings is 3. The van der Waals surface area contributed by atoms with E-state index in [0.29, 0.717) is 16.3 Å². The molecule has 2 amide bonds. The molecule has 2 heterocycles. The van der Waals surface area contributed by atoms with E-state index in [2.05, 4.69) is 10.1 Å². The van der Waals surface area contributed by atoms with E-state index in [4.69, 9.17) is 25.8 Å². The molecule has 0 aliphatic carbocycles. The minimum atomic E-state index is -5.31. The lowest BCUT2D eigenvalue weighted by molar-refractivity contribution is -0.953. The fraction of sp³-hybridized carbons (Fsp3) is 0.412. The number of hydrogen-bond donors (Lipinski definition) is 2. The molecule has 0 aromatic heterocycles. The lowest BCUT2D eigenvalue weighted by atomic mass is 9.78. The number of ether oxygens (including phenoxy) is 4. The van der Waals surface area contributed by atoms with Crippen molar-refractivity contribution in [3.05, 3.63) is 76.3 Å². The van der Waals surface area contributed by atoms with E-state index < -0.39 is 61.0 Å². The molecule has 276 valence electrons. The van der Waals surface area contributed by atoms with Gasteiger partial charge < -0.3 is 29.4 Å². The zero-order chi connectivity index (χ0) is 37.5. The van der Waals surface area contributed by atoms with Crippen LogP contribution in [0.3, 0.4) is 0 Å². The highest BCUT2D eigenvalue weighted by Gasteiger charge is 2.72. The molecular formula is C34H38ClF3N3O9S+. The van der Waals surface area contributed by atoms with Crippen LogP contribution >= 0.6 is 11.6 Å². The third kappa shape index (κ3) is 6.48. The van der Waals surface area contributed by atoms with Gasteiger partial charge in [-0.3, -0.25) is 14.1 Å². The number of sulfonamides is 1. The van der Waals surface area contributed by atoms with Crippen LogP contribution in [0.2, 0.25) is 5.02 Å². The van der Waals surface area contributed by atoms with Crippen LogP contribution in [-0.4, -0.2) is 96.4 Å². The highest BCUT2D eigenvalue weighted by atomic mass is 35.5. The van der Waals surface area contributed by atoms with Crippen LogP contribution in [0.15, 0.2) is 59.5 Å². The normalized spacial score (nSPS) is 23.3. The SMILES string of the molecule is CNC(=O)[C@@H]1C[C@@H](OCCCO)C[N+]1(C)C1(c2cc(C)ccc2OC)C(=O)N(S(=O)(=O)c2ccc(OC)cc2OC(F)(F)F)c2ccc(Cl)cc21. The minimum absolute atomic E-state index is 0.0167. The zero-order valence-electron chi connectivity index (χ0n) is 28.4. The predicted molar refractivity (Wildman–Crippen MR) is 179 cm³/mol. The molecule has 17 heteroatoms. The quantitative estimate of drug-likeness (QED) is 0.205. The number of carbonyl (C=O) groups excluding carboxylic acids is 2. The number of rotatable bonds is 12. The van der Waals surface area contributed by atoms with Gasteiger partial charge in [0, 0.05) is 37.8 Å². The van der Waals surface area contributed by atoms with Gasteiger partial charge in [0.1, 0.15) is 29.0 Å². The van der Waals surface area contributed by atoms with Gasteiger partial charge in [0.15, 0.2) is 11.8 Å².